The topological polar surface area (TPSA) is 25.8 Å². The summed E-state index contributed by atoms with van der Waals surface area (Å²) in [5.74, 6) is 0. The second kappa shape index (κ2) is 5.85. The summed E-state index contributed by atoms with van der Waals surface area (Å²) in [5, 5.41) is 1.13. The molecule has 0 atom stereocenters. The standard InChI is InChI=1S/C16H13BrN2S/c1-11-16(13-5-2-6-14(17)9-13)19-15(20-11)8-12-4-3-7-18-10-12/h2-7,9-10H,8H2,1H3. The largest absolute Gasteiger partial charge is 0.264 e. The fourth-order valence-corrected chi connectivity index (χ4v) is 3.50. The van der Waals surface area contributed by atoms with Crippen LogP contribution in [0.5, 0.6) is 0 Å². The van der Waals surface area contributed by atoms with Crippen LogP contribution in [-0.4, -0.2) is 9.97 Å². The van der Waals surface area contributed by atoms with E-state index in [4.69, 9.17) is 4.98 Å². The first-order valence-electron chi connectivity index (χ1n) is 6.33. The van der Waals surface area contributed by atoms with Crippen LogP contribution >= 0.6 is 27.3 Å². The van der Waals surface area contributed by atoms with E-state index in [9.17, 15) is 0 Å². The Balaban J connectivity index is 1.91. The number of thiazole rings is 1. The SMILES string of the molecule is Cc1sc(Cc2cccnc2)nc1-c1cccc(Br)c1. The third-order valence-electron chi connectivity index (χ3n) is 3.02. The number of pyridine rings is 1. The van der Waals surface area contributed by atoms with E-state index in [0.29, 0.717) is 0 Å². The summed E-state index contributed by atoms with van der Waals surface area (Å²) in [5.41, 5.74) is 3.43. The van der Waals surface area contributed by atoms with Gasteiger partial charge in [-0.1, -0.05) is 34.1 Å². The Morgan fingerprint density at radius 2 is 2.10 bits per heavy atom. The fourth-order valence-electron chi connectivity index (χ4n) is 2.11. The van der Waals surface area contributed by atoms with Crippen LogP contribution in [0, 0.1) is 6.92 Å². The number of halogens is 1. The van der Waals surface area contributed by atoms with Crippen molar-refractivity contribution in [2.75, 3.05) is 0 Å². The van der Waals surface area contributed by atoms with Gasteiger partial charge in [-0.2, -0.15) is 0 Å². The van der Waals surface area contributed by atoms with Crippen molar-refractivity contribution >= 4 is 27.3 Å². The van der Waals surface area contributed by atoms with Gasteiger partial charge in [-0.15, -0.1) is 11.3 Å². The van der Waals surface area contributed by atoms with Crippen molar-refractivity contribution in [3.8, 4) is 11.3 Å². The van der Waals surface area contributed by atoms with Crippen LogP contribution in [0.1, 0.15) is 15.4 Å². The summed E-state index contributed by atoms with van der Waals surface area (Å²) in [6.07, 6.45) is 4.53. The molecule has 0 aliphatic carbocycles. The second-order valence-electron chi connectivity index (χ2n) is 4.56. The van der Waals surface area contributed by atoms with Crippen LogP contribution in [0.3, 0.4) is 0 Å². The van der Waals surface area contributed by atoms with E-state index >= 15 is 0 Å². The Morgan fingerprint density at radius 3 is 2.85 bits per heavy atom. The monoisotopic (exact) mass is 344 g/mol. The molecule has 0 bridgehead atoms. The van der Waals surface area contributed by atoms with E-state index in [1.165, 1.54) is 10.4 Å². The molecule has 0 N–H and O–H groups in total. The average molecular weight is 345 g/mol. The van der Waals surface area contributed by atoms with Crippen LogP contribution < -0.4 is 0 Å². The van der Waals surface area contributed by atoms with Gasteiger partial charge in [0.15, 0.2) is 0 Å². The Hall–Kier alpha value is -1.52. The Bertz CT molecular complexity index is 722. The minimum Gasteiger partial charge on any atom is -0.264 e. The minimum absolute atomic E-state index is 0.841. The molecule has 2 heterocycles. The number of hydrogen-bond acceptors (Lipinski definition) is 3. The molecule has 100 valence electrons. The molecule has 0 unspecified atom stereocenters. The summed E-state index contributed by atoms with van der Waals surface area (Å²) in [6, 6.07) is 12.3. The molecule has 0 fully saturated rings. The molecule has 0 saturated heterocycles. The van der Waals surface area contributed by atoms with Crippen molar-refractivity contribution < 1.29 is 0 Å². The first-order valence-corrected chi connectivity index (χ1v) is 7.94. The summed E-state index contributed by atoms with van der Waals surface area (Å²) >= 11 is 5.27. The van der Waals surface area contributed by atoms with Crippen LogP contribution in [0.2, 0.25) is 0 Å². The highest BCUT2D eigenvalue weighted by atomic mass is 79.9. The number of aromatic nitrogens is 2. The second-order valence-corrected chi connectivity index (χ2v) is 6.76. The van der Waals surface area contributed by atoms with Gasteiger partial charge in [0.05, 0.1) is 10.7 Å². The number of rotatable bonds is 3. The third-order valence-corrected chi connectivity index (χ3v) is 4.48. The lowest BCUT2D eigenvalue weighted by Gasteiger charge is -1.99. The zero-order chi connectivity index (χ0) is 13.9. The zero-order valence-electron chi connectivity index (χ0n) is 11.0. The molecule has 3 rings (SSSR count). The van der Waals surface area contributed by atoms with Crippen LogP contribution in [0.25, 0.3) is 11.3 Å². The van der Waals surface area contributed by atoms with Gasteiger partial charge in [-0.05, 0) is 30.7 Å². The Labute approximate surface area is 130 Å². The van der Waals surface area contributed by atoms with E-state index in [0.717, 1.165) is 27.2 Å². The van der Waals surface area contributed by atoms with Crippen molar-refractivity contribution in [1.82, 2.24) is 9.97 Å². The van der Waals surface area contributed by atoms with Crippen LogP contribution in [0.15, 0.2) is 53.3 Å². The smallest absolute Gasteiger partial charge is 0.0979 e. The maximum Gasteiger partial charge on any atom is 0.0979 e. The normalized spacial score (nSPS) is 10.7. The summed E-state index contributed by atoms with van der Waals surface area (Å²) in [7, 11) is 0. The average Bonchev–Trinajstić information content (AvgIpc) is 2.81. The highest BCUT2D eigenvalue weighted by Gasteiger charge is 2.10. The Morgan fingerprint density at radius 1 is 1.20 bits per heavy atom. The zero-order valence-corrected chi connectivity index (χ0v) is 13.4. The van der Waals surface area contributed by atoms with Gasteiger partial charge in [0.25, 0.3) is 0 Å². The van der Waals surface area contributed by atoms with E-state index in [1.807, 2.05) is 24.4 Å². The minimum atomic E-state index is 0.841. The molecule has 0 spiro atoms. The van der Waals surface area contributed by atoms with Gasteiger partial charge >= 0.3 is 0 Å². The Kier molecular flexibility index (Phi) is 3.94. The predicted molar refractivity (Wildman–Crippen MR) is 87.0 cm³/mol. The van der Waals surface area contributed by atoms with Crippen molar-refractivity contribution in [1.29, 1.82) is 0 Å². The van der Waals surface area contributed by atoms with E-state index in [2.05, 4.69) is 46.0 Å². The molecule has 0 aliphatic rings. The molecule has 0 saturated carbocycles. The quantitative estimate of drug-likeness (QED) is 0.677. The van der Waals surface area contributed by atoms with E-state index in [-0.39, 0.29) is 0 Å². The summed E-state index contributed by atoms with van der Waals surface area (Å²) in [4.78, 5) is 10.2. The lowest BCUT2D eigenvalue weighted by molar-refractivity contribution is 1.11. The molecular weight excluding hydrogens is 332 g/mol. The molecular formula is C16H13BrN2S. The van der Waals surface area contributed by atoms with Gasteiger partial charge in [-0.25, -0.2) is 4.98 Å². The van der Waals surface area contributed by atoms with Crippen molar-refractivity contribution in [2.24, 2.45) is 0 Å². The van der Waals surface area contributed by atoms with E-state index in [1.54, 1.807) is 17.5 Å². The number of aryl methyl sites for hydroxylation is 1. The lowest BCUT2D eigenvalue weighted by Crippen LogP contribution is -1.88. The van der Waals surface area contributed by atoms with Crippen molar-refractivity contribution in [2.45, 2.75) is 13.3 Å². The van der Waals surface area contributed by atoms with Crippen molar-refractivity contribution in [3.63, 3.8) is 0 Å². The number of hydrogen-bond donors (Lipinski definition) is 0. The first kappa shape index (κ1) is 13.5. The maximum absolute atomic E-state index is 4.79. The number of benzene rings is 1. The first-order chi connectivity index (χ1) is 9.72. The summed E-state index contributed by atoms with van der Waals surface area (Å²) in [6.45, 7) is 2.13. The molecule has 1 aromatic carbocycles. The summed E-state index contributed by atoms with van der Waals surface area (Å²) < 4.78 is 1.08. The molecule has 0 aliphatic heterocycles. The van der Waals surface area contributed by atoms with Gasteiger partial charge in [-0.3, -0.25) is 4.98 Å². The van der Waals surface area contributed by atoms with Gasteiger partial charge in [0.1, 0.15) is 0 Å². The highest BCUT2D eigenvalue weighted by Crippen LogP contribution is 2.30. The molecule has 4 heteroatoms. The van der Waals surface area contributed by atoms with Crippen molar-refractivity contribution in [3.05, 3.63) is 68.7 Å². The molecule has 20 heavy (non-hydrogen) atoms. The third kappa shape index (κ3) is 2.97. The van der Waals surface area contributed by atoms with Gasteiger partial charge in [0, 0.05) is 33.7 Å². The lowest BCUT2D eigenvalue weighted by atomic mass is 10.1. The molecule has 3 aromatic rings. The maximum atomic E-state index is 4.79. The van der Waals surface area contributed by atoms with E-state index < -0.39 is 0 Å². The van der Waals surface area contributed by atoms with Gasteiger partial charge < -0.3 is 0 Å². The molecule has 0 radical (unpaired) electrons. The van der Waals surface area contributed by atoms with Crippen LogP contribution in [0.4, 0.5) is 0 Å². The molecule has 2 aromatic heterocycles. The number of nitrogens with zero attached hydrogens (tertiary/aromatic N) is 2. The predicted octanol–water partition coefficient (Wildman–Crippen LogP) is 4.87. The fraction of sp³-hybridized carbons (Fsp3) is 0.125. The van der Waals surface area contributed by atoms with Crippen LogP contribution in [-0.2, 0) is 6.42 Å². The molecule has 0 amide bonds. The molecule has 2 nitrogen and oxygen atoms in total. The highest BCUT2D eigenvalue weighted by molar-refractivity contribution is 9.10. The van der Waals surface area contributed by atoms with Gasteiger partial charge in [0.2, 0.25) is 0 Å².